The molecule has 2 heterocycles. The maximum absolute atomic E-state index is 6.31. The van der Waals surface area contributed by atoms with Crippen molar-refractivity contribution in [2.24, 2.45) is 5.41 Å². The summed E-state index contributed by atoms with van der Waals surface area (Å²) in [6.07, 6.45) is 9.65. The molecule has 1 aromatic heterocycles. The van der Waals surface area contributed by atoms with E-state index in [-0.39, 0.29) is 0 Å². The van der Waals surface area contributed by atoms with Crippen LogP contribution in [0, 0.1) is 19.3 Å². The van der Waals surface area contributed by atoms with E-state index < -0.39 is 0 Å². The Morgan fingerprint density at radius 3 is 2.52 bits per heavy atom. The zero-order valence-corrected chi connectivity index (χ0v) is 18.3. The molecule has 0 bridgehead atoms. The van der Waals surface area contributed by atoms with E-state index in [0.29, 0.717) is 11.5 Å². The fourth-order valence-corrected chi connectivity index (χ4v) is 4.44. The van der Waals surface area contributed by atoms with Gasteiger partial charge in [-0.05, 0) is 75.5 Å². The summed E-state index contributed by atoms with van der Waals surface area (Å²) in [6.45, 7) is 10.8. The van der Waals surface area contributed by atoms with Gasteiger partial charge in [-0.25, -0.2) is 0 Å². The normalized spacial score (nSPS) is 20.0. The Morgan fingerprint density at radius 1 is 1.14 bits per heavy atom. The number of nitrogens with zero attached hydrogens (tertiary/aromatic N) is 2. The summed E-state index contributed by atoms with van der Waals surface area (Å²) < 4.78 is 11.8. The van der Waals surface area contributed by atoms with Crippen molar-refractivity contribution < 1.29 is 9.26 Å². The molecule has 0 N–H and O–H groups in total. The summed E-state index contributed by atoms with van der Waals surface area (Å²) in [5.41, 5.74) is 5.36. The number of piperidine rings is 1. The standard InChI is InChI=1S/C25H34N2O2/c1-18-19(2)26-29-24(18)27-14-10-20(11-15-27)16-21-6-5-7-23(17-21)28-22-8-12-25(3,4)13-9-22/h5-7,16-17,22H,8-15H2,1-4H3. The first-order valence-electron chi connectivity index (χ1n) is 11.0. The Labute approximate surface area is 174 Å². The number of aromatic nitrogens is 1. The predicted molar refractivity (Wildman–Crippen MR) is 119 cm³/mol. The van der Waals surface area contributed by atoms with E-state index >= 15 is 0 Å². The van der Waals surface area contributed by atoms with Gasteiger partial charge in [0.05, 0.1) is 11.8 Å². The minimum Gasteiger partial charge on any atom is -0.490 e. The molecule has 1 saturated carbocycles. The van der Waals surface area contributed by atoms with Crippen LogP contribution in [0.1, 0.15) is 69.2 Å². The van der Waals surface area contributed by atoms with Crippen LogP contribution in [0.3, 0.4) is 0 Å². The van der Waals surface area contributed by atoms with Gasteiger partial charge in [0.2, 0.25) is 5.88 Å². The summed E-state index contributed by atoms with van der Waals surface area (Å²) in [5.74, 6) is 1.95. The van der Waals surface area contributed by atoms with Crippen LogP contribution in [0.5, 0.6) is 5.75 Å². The molecule has 29 heavy (non-hydrogen) atoms. The van der Waals surface area contributed by atoms with E-state index in [1.54, 1.807) is 0 Å². The molecule has 0 amide bonds. The van der Waals surface area contributed by atoms with Crippen molar-refractivity contribution in [1.82, 2.24) is 5.16 Å². The van der Waals surface area contributed by atoms with Crippen molar-refractivity contribution in [3.05, 3.63) is 46.7 Å². The van der Waals surface area contributed by atoms with Crippen molar-refractivity contribution in [2.75, 3.05) is 18.0 Å². The zero-order valence-electron chi connectivity index (χ0n) is 18.3. The van der Waals surface area contributed by atoms with Crippen LogP contribution in [0.4, 0.5) is 5.88 Å². The highest BCUT2D eigenvalue weighted by molar-refractivity contribution is 5.56. The molecule has 4 heteroatoms. The quantitative estimate of drug-likeness (QED) is 0.608. The maximum Gasteiger partial charge on any atom is 0.230 e. The molecular formula is C25H34N2O2. The van der Waals surface area contributed by atoms with E-state index in [1.165, 1.54) is 24.0 Å². The smallest absolute Gasteiger partial charge is 0.230 e. The van der Waals surface area contributed by atoms with Crippen molar-refractivity contribution in [3.63, 3.8) is 0 Å². The van der Waals surface area contributed by atoms with E-state index in [4.69, 9.17) is 9.26 Å². The van der Waals surface area contributed by atoms with Gasteiger partial charge in [-0.3, -0.25) is 0 Å². The second-order valence-electron chi connectivity index (χ2n) is 9.54. The molecule has 156 valence electrons. The summed E-state index contributed by atoms with van der Waals surface area (Å²) in [4.78, 5) is 2.32. The SMILES string of the molecule is Cc1noc(N2CCC(=Cc3cccc(OC4CCC(C)(C)CC4)c3)CC2)c1C. The van der Waals surface area contributed by atoms with Gasteiger partial charge in [-0.2, -0.15) is 0 Å². The first kappa shape index (κ1) is 20.1. The molecule has 4 rings (SSSR count). The van der Waals surface area contributed by atoms with Gasteiger partial charge in [0.15, 0.2) is 0 Å². The highest BCUT2D eigenvalue weighted by atomic mass is 16.5. The number of anilines is 1. The first-order chi connectivity index (χ1) is 13.9. The topological polar surface area (TPSA) is 38.5 Å². The first-order valence-corrected chi connectivity index (χ1v) is 11.0. The molecular weight excluding hydrogens is 360 g/mol. The van der Waals surface area contributed by atoms with Crippen molar-refractivity contribution >= 4 is 12.0 Å². The van der Waals surface area contributed by atoms with Gasteiger partial charge in [0, 0.05) is 18.7 Å². The van der Waals surface area contributed by atoms with Crippen molar-refractivity contribution in [2.45, 2.75) is 72.3 Å². The van der Waals surface area contributed by atoms with Gasteiger partial charge in [-0.1, -0.05) is 42.8 Å². The molecule has 2 aromatic rings. The minimum absolute atomic E-state index is 0.364. The molecule has 4 nitrogen and oxygen atoms in total. The average Bonchev–Trinajstić information content (AvgIpc) is 3.03. The van der Waals surface area contributed by atoms with E-state index in [1.807, 2.05) is 6.92 Å². The number of ether oxygens (including phenoxy) is 1. The van der Waals surface area contributed by atoms with Crippen LogP contribution in [0.15, 0.2) is 34.4 Å². The lowest BCUT2D eigenvalue weighted by Crippen LogP contribution is -2.30. The number of hydrogen-bond donors (Lipinski definition) is 0. The van der Waals surface area contributed by atoms with E-state index in [0.717, 1.165) is 61.7 Å². The number of rotatable bonds is 4. The summed E-state index contributed by atoms with van der Waals surface area (Å²) in [6, 6.07) is 8.59. The van der Waals surface area contributed by atoms with Gasteiger partial charge < -0.3 is 14.2 Å². The monoisotopic (exact) mass is 394 g/mol. The molecule has 0 unspecified atom stereocenters. The Morgan fingerprint density at radius 2 is 1.86 bits per heavy atom. The van der Waals surface area contributed by atoms with Crippen LogP contribution in [-0.4, -0.2) is 24.4 Å². The van der Waals surface area contributed by atoms with Crippen LogP contribution in [0.25, 0.3) is 6.08 Å². The van der Waals surface area contributed by atoms with Gasteiger partial charge in [0.1, 0.15) is 5.75 Å². The second kappa shape index (κ2) is 8.25. The average molecular weight is 395 g/mol. The summed E-state index contributed by atoms with van der Waals surface area (Å²) >= 11 is 0. The third kappa shape index (κ3) is 4.85. The lowest BCUT2D eigenvalue weighted by Gasteiger charge is -2.34. The third-order valence-electron chi connectivity index (χ3n) is 6.64. The fourth-order valence-electron chi connectivity index (χ4n) is 4.44. The van der Waals surface area contributed by atoms with Crippen LogP contribution in [-0.2, 0) is 0 Å². The molecule has 0 radical (unpaired) electrons. The Bertz CT molecular complexity index is 861. The van der Waals surface area contributed by atoms with Gasteiger partial charge >= 0.3 is 0 Å². The number of aryl methyl sites for hydroxylation is 1. The lowest BCUT2D eigenvalue weighted by atomic mass is 9.76. The number of hydrogen-bond acceptors (Lipinski definition) is 4. The molecule has 1 aliphatic heterocycles. The third-order valence-corrected chi connectivity index (χ3v) is 6.64. The highest BCUT2D eigenvalue weighted by Gasteiger charge is 2.27. The summed E-state index contributed by atoms with van der Waals surface area (Å²) in [5, 5.41) is 4.10. The molecule has 1 aromatic carbocycles. The Hall–Kier alpha value is -2.23. The molecule has 2 aliphatic rings. The minimum atomic E-state index is 0.364. The van der Waals surface area contributed by atoms with Crippen LogP contribution >= 0.6 is 0 Å². The van der Waals surface area contributed by atoms with Crippen molar-refractivity contribution in [3.8, 4) is 5.75 Å². The molecule has 1 saturated heterocycles. The summed E-state index contributed by atoms with van der Waals surface area (Å²) in [7, 11) is 0. The Kier molecular flexibility index (Phi) is 5.71. The predicted octanol–water partition coefficient (Wildman–Crippen LogP) is 6.32. The molecule has 1 aliphatic carbocycles. The van der Waals surface area contributed by atoms with Crippen LogP contribution in [0.2, 0.25) is 0 Å². The maximum atomic E-state index is 6.31. The molecule has 0 atom stereocenters. The van der Waals surface area contributed by atoms with Crippen LogP contribution < -0.4 is 9.64 Å². The van der Waals surface area contributed by atoms with E-state index in [2.05, 4.69) is 61.2 Å². The van der Waals surface area contributed by atoms with Gasteiger partial charge in [0.25, 0.3) is 0 Å². The molecule has 0 spiro atoms. The van der Waals surface area contributed by atoms with Gasteiger partial charge in [-0.15, -0.1) is 0 Å². The lowest BCUT2D eigenvalue weighted by molar-refractivity contribution is 0.0987. The van der Waals surface area contributed by atoms with Crippen molar-refractivity contribution in [1.29, 1.82) is 0 Å². The van der Waals surface area contributed by atoms with E-state index in [9.17, 15) is 0 Å². The molecule has 2 fully saturated rings. The Balaban J connectivity index is 1.36. The fraction of sp³-hybridized carbons (Fsp3) is 0.560. The number of benzene rings is 1. The second-order valence-corrected chi connectivity index (χ2v) is 9.54. The largest absolute Gasteiger partial charge is 0.490 e. The highest BCUT2D eigenvalue weighted by Crippen LogP contribution is 2.36. The zero-order chi connectivity index (χ0) is 20.4.